The highest BCUT2D eigenvalue weighted by atomic mass is 32.2. The fourth-order valence-corrected chi connectivity index (χ4v) is 2.52. The van der Waals surface area contributed by atoms with Crippen LogP contribution in [0, 0.1) is 11.3 Å². The second-order valence-electron chi connectivity index (χ2n) is 4.18. The number of hydrogen-bond acceptors (Lipinski definition) is 3. The Labute approximate surface area is 108 Å². The van der Waals surface area contributed by atoms with Gasteiger partial charge in [0.15, 0.2) is 0 Å². The summed E-state index contributed by atoms with van der Waals surface area (Å²) in [5.74, 6) is 1.14. The van der Waals surface area contributed by atoms with Crippen molar-refractivity contribution >= 4 is 11.8 Å². The fraction of sp³-hybridized carbons (Fsp3) is 0.500. The number of hydrogen-bond donors (Lipinski definition) is 1. The highest BCUT2D eigenvalue weighted by Crippen LogP contribution is 2.15. The van der Waals surface area contributed by atoms with Crippen molar-refractivity contribution in [3.63, 3.8) is 0 Å². The lowest BCUT2D eigenvalue weighted by atomic mass is 10.1. The van der Waals surface area contributed by atoms with E-state index in [1.165, 1.54) is 5.56 Å². The summed E-state index contributed by atoms with van der Waals surface area (Å²) in [6, 6.07) is 10.8. The van der Waals surface area contributed by atoms with E-state index in [9.17, 15) is 0 Å². The zero-order chi connectivity index (χ0) is 12.7. The van der Waals surface area contributed by atoms with Gasteiger partial charge in [-0.2, -0.15) is 17.0 Å². The Hall–Kier alpha value is -0.980. The molecule has 0 aliphatic rings. The van der Waals surface area contributed by atoms with Crippen LogP contribution in [0.1, 0.15) is 37.4 Å². The van der Waals surface area contributed by atoms with Crippen LogP contribution in [0.15, 0.2) is 24.3 Å². The van der Waals surface area contributed by atoms with Crippen molar-refractivity contribution in [2.24, 2.45) is 0 Å². The van der Waals surface area contributed by atoms with E-state index in [0.717, 1.165) is 17.7 Å². The maximum atomic E-state index is 8.75. The molecule has 2 nitrogen and oxygen atoms in total. The first-order chi connectivity index (χ1) is 8.21. The summed E-state index contributed by atoms with van der Waals surface area (Å²) in [4.78, 5) is 0. The van der Waals surface area contributed by atoms with Gasteiger partial charge in [0, 0.05) is 17.8 Å². The minimum absolute atomic E-state index is 0.333. The van der Waals surface area contributed by atoms with Gasteiger partial charge in [-0.1, -0.05) is 19.1 Å². The van der Waals surface area contributed by atoms with Crippen LogP contribution in [-0.2, 0) is 0 Å². The van der Waals surface area contributed by atoms with Crippen LogP contribution in [0.4, 0.5) is 0 Å². The van der Waals surface area contributed by atoms with Crippen molar-refractivity contribution in [2.45, 2.75) is 32.4 Å². The molecule has 0 amide bonds. The second-order valence-corrected chi connectivity index (χ2v) is 5.09. The van der Waals surface area contributed by atoms with Gasteiger partial charge in [0.1, 0.15) is 0 Å². The molecule has 0 saturated heterocycles. The van der Waals surface area contributed by atoms with Crippen molar-refractivity contribution in [1.29, 1.82) is 5.26 Å². The number of benzene rings is 1. The zero-order valence-electron chi connectivity index (χ0n) is 10.7. The molecule has 0 saturated carbocycles. The van der Waals surface area contributed by atoms with Gasteiger partial charge in [0.05, 0.1) is 11.6 Å². The number of nitrogens with zero attached hydrogens (tertiary/aromatic N) is 1. The maximum absolute atomic E-state index is 8.75. The molecule has 2 atom stereocenters. The molecule has 1 aromatic rings. The normalized spacial score (nSPS) is 14.0. The van der Waals surface area contributed by atoms with Gasteiger partial charge in [-0.15, -0.1) is 0 Å². The van der Waals surface area contributed by atoms with Gasteiger partial charge in [0.25, 0.3) is 0 Å². The summed E-state index contributed by atoms with van der Waals surface area (Å²) in [5.41, 5.74) is 1.96. The standard InChI is InChI=1S/C14H20N2S/c1-4-14(10-17-3)16-11(2)13-7-5-12(9-15)6-8-13/h5-8,11,14,16H,4,10H2,1-3H3. The molecule has 0 aliphatic carbocycles. The minimum Gasteiger partial charge on any atom is -0.307 e. The van der Waals surface area contributed by atoms with Crippen LogP contribution in [-0.4, -0.2) is 18.1 Å². The molecule has 1 N–H and O–H groups in total. The quantitative estimate of drug-likeness (QED) is 0.838. The third-order valence-corrected chi connectivity index (χ3v) is 3.62. The van der Waals surface area contributed by atoms with E-state index in [2.05, 4.69) is 31.5 Å². The highest BCUT2D eigenvalue weighted by molar-refractivity contribution is 7.98. The summed E-state index contributed by atoms with van der Waals surface area (Å²) in [7, 11) is 0. The number of thioether (sulfide) groups is 1. The van der Waals surface area contributed by atoms with Crippen molar-refractivity contribution in [1.82, 2.24) is 5.32 Å². The van der Waals surface area contributed by atoms with E-state index in [4.69, 9.17) is 5.26 Å². The average molecular weight is 248 g/mol. The van der Waals surface area contributed by atoms with Gasteiger partial charge in [0.2, 0.25) is 0 Å². The Morgan fingerprint density at radius 3 is 2.47 bits per heavy atom. The molecular formula is C14H20N2S. The van der Waals surface area contributed by atoms with Crippen molar-refractivity contribution < 1.29 is 0 Å². The second kappa shape index (κ2) is 7.37. The largest absolute Gasteiger partial charge is 0.307 e. The summed E-state index contributed by atoms with van der Waals surface area (Å²) < 4.78 is 0. The van der Waals surface area contributed by atoms with E-state index in [1.54, 1.807) is 0 Å². The summed E-state index contributed by atoms with van der Waals surface area (Å²) >= 11 is 1.87. The lowest BCUT2D eigenvalue weighted by Crippen LogP contribution is -2.32. The minimum atomic E-state index is 0.333. The Balaban J connectivity index is 2.62. The molecule has 3 heteroatoms. The maximum Gasteiger partial charge on any atom is 0.0991 e. The SMILES string of the molecule is CCC(CSC)NC(C)c1ccc(C#N)cc1. The Morgan fingerprint density at radius 2 is 2.00 bits per heavy atom. The third-order valence-electron chi connectivity index (χ3n) is 2.89. The number of rotatable bonds is 6. The van der Waals surface area contributed by atoms with Crippen LogP contribution in [0.5, 0.6) is 0 Å². The smallest absolute Gasteiger partial charge is 0.0991 e. The molecule has 0 heterocycles. The predicted molar refractivity (Wildman–Crippen MR) is 75.2 cm³/mol. The van der Waals surface area contributed by atoms with E-state index < -0.39 is 0 Å². The summed E-state index contributed by atoms with van der Waals surface area (Å²) in [6.07, 6.45) is 3.28. The van der Waals surface area contributed by atoms with Crippen LogP contribution in [0.2, 0.25) is 0 Å². The van der Waals surface area contributed by atoms with E-state index in [-0.39, 0.29) is 0 Å². The van der Waals surface area contributed by atoms with Gasteiger partial charge in [-0.3, -0.25) is 0 Å². The lowest BCUT2D eigenvalue weighted by molar-refractivity contribution is 0.475. The van der Waals surface area contributed by atoms with Crippen molar-refractivity contribution in [2.75, 3.05) is 12.0 Å². The van der Waals surface area contributed by atoms with Crippen LogP contribution in [0.3, 0.4) is 0 Å². The van der Waals surface area contributed by atoms with Crippen LogP contribution >= 0.6 is 11.8 Å². The number of nitrogens with one attached hydrogen (secondary N) is 1. The van der Waals surface area contributed by atoms with Crippen LogP contribution in [0.25, 0.3) is 0 Å². The Morgan fingerprint density at radius 1 is 1.35 bits per heavy atom. The zero-order valence-corrected chi connectivity index (χ0v) is 11.6. The molecule has 0 aromatic heterocycles. The predicted octanol–water partition coefficient (Wildman–Crippen LogP) is 3.35. The van der Waals surface area contributed by atoms with E-state index in [1.807, 2.05) is 36.0 Å². The van der Waals surface area contributed by atoms with Gasteiger partial charge < -0.3 is 5.32 Å². The topological polar surface area (TPSA) is 35.8 Å². The van der Waals surface area contributed by atoms with Gasteiger partial charge in [-0.05, 0) is 37.3 Å². The average Bonchev–Trinajstić information content (AvgIpc) is 2.38. The molecule has 2 unspecified atom stereocenters. The molecule has 0 aliphatic heterocycles. The molecule has 17 heavy (non-hydrogen) atoms. The first-order valence-corrected chi connectivity index (χ1v) is 7.35. The van der Waals surface area contributed by atoms with Gasteiger partial charge in [-0.25, -0.2) is 0 Å². The molecule has 0 spiro atoms. The highest BCUT2D eigenvalue weighted by Gasteiger charge is 2.11. The molecule has 0 fully saturated rings. The molecule has 0 radical (unpaired) electrons. The van der Waals surface area contributed by atoms with Crippen molar-refractivity contribution in [3.05, 3.63) is 35.4 Å². The summed E-state index contributed by atoms with van der Waals surface area (Å²) in [5, 5.41) is 12.4. The Kier molecular flexibility index (Phi) is 6.10. The third kappa shape index (κ3) is 4.41. The molecule has 1 aromatic carbocycles. The monoisotopic (exact) mass is 248 g/mol. The van der Waals surface area contributed by atoms with Gasteiger partial charge >= 0.3 is 0 Å². The van der Waals surface area contributed by atoms with E-state index in [0.29, 0.717) is 12.1 Å². The molecular weight excluding hydrogens is 228 g/mol. The summed E-state index contributed by atoms with van der Waals surface area (Å²) in [6.45, 7) is 4.38. The lowest BCUT2D eigenvalue weighted by Gasteiger charge is -2.22. The number of nitriles is 1. The first-order valence-electron chi connectivity index (χ1n) is 5.96. The molecule has 92 valence electrons. The fourth-order valence-electron chi connectivity index (χ4n) is 1.78. The van der Waals surface area contributed by atoms with E-state index >= 15 is 0 Å². The molecule has 1 rings (SSSR count). The van der Waals surface area contributed by atoms with Crippen LogP contribution < -0.4 is 5.32 Å². The van der Waals surface area contributed by atoms with Crippen molar-refractivity contribution in [3.8, 4) is 6.07 Å². The first kappa shape index (κ1) is 14.1. The molecule has 0 bridgehead atoms. The Bertz CT molecular complexity index is 367.